The normalized spacial score (nSPS) is 31.4. The zero-order chi connectivity index (χ0) is 16.6. The first-order valence-electron chi connectivity index (χ1n) is 8.79. The molecule has 0 radical (unpaired) electrons. The molecule has 130 valence electrons. The van der Waals surface area contributed by atoms with Gasteiger partial charge in [0.25, 0.3) is 5.91 Å². The third kappa shape index (κ3) is 2.82. The Hall–Kier alpha value is -1.53. The fourth-order valence-electron chi connectivity index (χ4n) is 3.99. The van der Waals surface area contributed by atoms with E-state index in [1.54, 1.807) is 17.3 Å². The number of fused-ring (bicyclic) bond motifs is 2. The van der Waals surface area contributed by atoms with Gasteiger partial charge in [-0.1, -0.05) is 0 Å². The van der Waals surface area contributed by atoms with Crippen molar-refractivity contribution in [1.82, 2.24) is 9.88 Å². The van der Waals surface area contributed by atoms with Crippen molar-refractivity contribution in [1.29, 1.82) is 0 Å². The van der Waals surface area contributed by atoms with E-state index in [4.69, 9.17) is 9.47 Å². The van der Waals surface area contributed by atoms with E-state index in [9.17, 15) is 9.18 Å². The second-order valence-corrected chi connectivity index (χ2v) is 7.00. The molecule has 3 atom stereocenters. The molecule has 1 saturated heterocycles. The molecule has 1 aliphatic heterocycles. The van der Waals surface area contributed by atoms with Crippen molar-refractivity contribution in [2.45, 2.75) is 62.6 Å². The smallest absolute Gasteiger partial charge is 0.260 e. The number of hydrogen-bond acceptors (Lipinski definition) is 4. The van der Waals surface area contributed by atoms with Gasteiger partial charge in [0.2, 0.25) is 0 Å². The van der Waals surface area contributed by atoms with Gasteiger partial charge in [0.15, 0.2) is 5.67 Å². The van der Waals surface area contributed by atoms with Crippen molar-refractivity contribution in [2.24, 2.45) is 0 Å². The van der Waals surface area contributed by atoms with E-state index in [1.165, 1.54) is 0 Å². The Labute approximate surface area is 141 Å². The number of aromatic nitrogens is 1. The van der Waals surface area contributed by atoms with Crippen LogP contribution in [0.15, 0.2) is 24.5 Å². The van der Waals surface area contributed by atoms with Crippen molar-refractivity contribution >= 4 is 5.91 Å². The summed E-state index contributed by atoms with van der Waals surface area (Å²) in [4.78, 5) is 18.4. The molecule has 0 spiro atoms. The summed E-state index contributed by atoms with van der Waals surface area (Å²) in [6.45, 7) is 1.37. The highest BCUT2D eigenvalue weighted by Gasteiger charge is 2.52. The average Bonchev–Trinajstić information content (AvgIpc) is 2.86. The van der Waals surface area contributed by atoms with Gasteiger partial charge >= 0.3 is 0 Å². The Morgan fingerprint density at radius 3 is 2.88 bits per heavy atom. The molecule has 1 aromatic rings. The van der Waals surface area contributed by atoms with Crippen molar-refractivity contribution in [3.63, 3.8) is 0 Å². The summed E-state index contributed by atoms with van der Waals surface area (Å²) in [5.41, 5.74) is -0.620. The third-order valence-electron chi connectivity index (χ3n) is 5.54. The molecule has 0 unspecified atom stereocenters. The maximum atomic E-state index is 14.6. The van der Waals surface area contributed by atoms with Gasteiger partial charge in [-0.3, -0.25) is 9.78 Å². The van der Waals surface area contributed by atoms with E-state index in [1.807, 2.05) is 12.1 Å². The van der Waals surface area contributed by atoms with E-state index in [2.05, 4.69) is 4.98 Å². The predicted molar refractivity (Wildman–Crippen MR) is 85.0 cm³/mol. The number of carbonyl (C=O) groups is 1. The van der Waals surface area contributed by atoms with E-state index < -0.39 is 5.67 Å². The molecule has 1 amide bonds. The number of amides is 1. The number of halogens is 1. The molecule has 2 bridgehead atoms. The van der Waals surface area contributed by atoms with Gasteiger partial charge in [0.1, 0.15) is 6.10 Å². The minimum atomic E-state index is -1.65. The fraction of sp³-hybridized carbons (Fsp3) is 0.667. The lowest BCUT2D eigenvalue weighted by molar-refractivity contribution is -0.154. The number of nitrogens with zero attached hydrogens (tertiary/aromatic N) is 2. The fourth-order valence-corrected chi connectivity index (χ4v) is 3.99. The van der Waals surface area contributed by atoms with Gasteiger partial charge in [-0.05, 0) is 49.8 Å². The number of ether oxygens (including phenoxy) is 2. The van der Waals surface area contributed by atoms with Gasteiger partial charge in [-0.15, -0.1) is 0 Å². The molecule has 24 heavy (non-hydrogen) atoms. The van der Waals surface area contributed by atoms with Crippen molar-refractivity contribution in [3.05, 3.63) is 30.1 Å². The van der Waals surface area contributed by atoms with Crippen molar-refractivity contribution < 1.29 is 18.7 Å². The Bertz CT molecular complexity index is 593. The average molecular weight is 334 g/mol. The molecule has 2 heterocycles. The molecule has 2 saturated carbocycles. The molecule has 3 fully saturated rings. The molecular weight excluding hydrogens is 311 g/mol. The number of carbonyl (C=O) groups excluding carboxylic acids is 1. The van der Waals surface area contributed by atoms with Crippen LogP contribution in [0.5, 0.6) is 0 Å². The summed E-state index contributed by atoms with van der Waals surface area (Å²) in [5, 5.41) is 0. The van der Waals surface area contributed by atoms with Crippen LogP contribution in [0.1, 0.15) is 37.7 Å². The van der Waals surface area contributed by atoms with Crippen LogP contribution in [-0.4, -0.2) is 52.9 Å². The summed E-state index contributed by atoms with van der Waals surface area (Å²) in [7, 11) is 0. The number of pyridine rings is 1. The van der Waals surface area contributed by atoms with E-state index >= 15 is 0 Å². The maximum Gasteiger partial charge on any atom is 0.260 e. The number of alkyl halides is 1. The lowest BCUT2D eigenvalue weighted by Gasteiger charge is -2.40. The first kappa shape index (κ1) is 16.0. The Morgan fingerprint density at radius 2 is 2.17 bits per heavy atom. The molecule has 6 heteroatoms. The summed E-state index contributed by atoms with van der Waals surface area (Å²) in [6.07, 6.45) is 6.43. The van der Waals surface area contributed by atoms with Gasteiger partial charge in [0, 0.05) is 18.9 Å². The highest BCUT2D eigenvalue weighted by Crippen LogP contribution is 2.40. The van der Waals surface area contributed by atoms with E-state index in [0.717, 1.165) is 24.8 Å². The van der Waals surface area contributed by atoms with Gasteiger partial charge in [0.05, 0.1) is 25.4 Å². The van der Waals surface area contributed by atoms with Gasteiger partial charge < -0.3 is 14.4 Å². The first-order valence-corrected chi connectivity index (χ1v) is 8.79. The van der Waals surface area contributed by atoms with E-state index in [0.29, 0.717) is 32.6 Å². The van der Waals surface area contributed by atoms with Crippen LogP contribution < -0.4 is 0 Å². The van der Waals surface area contributed by atoms with Crippen LogP contribution in [0.25, 0.3) is 0 Å². The maximum absolute atomic E-state index is 14.6. The quantitative estimate of drug-likeness (QED) is 0.847. The number of rotatable bonds is 4. The molecule has 0 N–H and O–H groups in total. The topological polar surface area (TPSA) is 51.7 Å². The summed E-state index contributed by atoms with van der Waals surface area (Å²) >= 11 is 0. The zero-order valence-corrected chi connectivity index (χ0v) is 13.7. The van der Waals surface area contributed by atoms with Gasteiger partial charge in [-0.25, -0.2) is 4.39 Å². The molecular formula is C18H23FN2O3. The Morgan fingerprint density at radius 1 is 1.38 bits per heavy atom. The SMILES string of the molecule is O=C(N1CCO[C@H]2CC[C@H]1[C@H]2OCc1ccncc1)C1(F)CCC1. The standard InChI is InChI=1S/C18H23FN2O3/c19-18(6-1-7-18)17(22)21-10-11-23-15-3-2-14(21)16(15)24-12-13-4-8-20-9-5-13/h4-5,8-9,14-16H,1-3,6-7,10-12H2/t14-,15-,16+/m0/s1. The van der Waals surface area contributed by atoms with Crippen molar-refractivity contribution in [2.75, 3.05) is 13.2 Å². The number of hydrogen-bond donors (Lipinski definition) is 0. The molecule has 3 aliphatic rings. The van der Waals surface area contributed by atoms with Gasteiger partial charge in [-0.2, -0.15) is 0 Å². The van der Waals surface area contributed by atoms with Crippen LogP contribution in [0.3, 0.4) is 0 Å². The zero-order valence-electron chi connectivity index (χ0n) is 13.7. The van der Waals surface area contributed by atoms with Crippen LogP contribution in [0.4, 0.5) is 4.39 Å². The third-order valence-corrected chi connectivity index (χ3v) is 5.54. The molecule has 1 aromatic heterocycles. The van der Waals surface area contributed by atoms with Crippen LogP contribution in [0.2, 0.25) is 0 Å². The lowest BCUT2D eigenvalue weighted by Crippen LogP contribution is -2.56. The molecule has 5 nitrogen and oxygen atoms in total. The highest BCUT2D eigenvalue weighted by atomic mass is 19.1. The predicted octanol–water partition coefficient (Wildman–Crippen LogP) is 2.25. The lowest BCUT2D eigenvalue weighted by atomic mass is 9.80. The molecule has 4 rings (SSSR count). The molecule has 0 aromatic carbocycles. The van der Waals surface area contributed by atoms with Crippen LogP contribution >= 0.6 is 0 Å². The summed E-state index contributed by atoms with van der Waals surface area (Å²) < 4.78 is 26.6. The highest BCUT2D eigenvalue weighted by molar-refractivity contribution is 5.86. The Balaban J connectivity index is 1.48. The largest absolute Gasteiger partial charge is 0.374 e. The monoisotopic (exact) mass is 334 g/mol. The van der Waals surface area contributed by atoms with Crippen molar-refractivity contribution in [3.8, 4) is 0 Å². The first-order chi connectivity index (χ1) is 11.7. The summed E-state index contributed by atoms with van der Waals surface area (Å²) in [5.74, 6) is -0.359. The summed E-state index contributed by atoms with van der Waals surface area (Å²) in [6, 6.07) is 3.74. The Kier molecular flexibility index (Phi) is 4.26. The second-order valence-electron chi connectivity index (χ2n) is 7.00. The second kappa shape index (κ2) is 6.41. The van der Waals surface area contributed by atoms with Crippen LogP contribution in [0, 0.1) is 0 Å². The van der Waals surface area contributed by atoms with Crippen LogP contribution in [-0.2, 0) is 20.9 Å². The molecule has 2 aliphatic carbocycles. The minimum absolute atomic E-state index is 0.00779. The van der Waals surface area contributed by atoms with E-state index in [-0.39, 0.29) is 24.2 Å². The minimum Gasteiger partial charge on any atom is -0.374 e.